The molecule has 0 heterocycles. The number of rotatable bonds is 6. The van der Waals surface area contributed by atoms with Crippen LogP contribution in [0.2, 0.25) is 0 Å². The minimum absolute atomic E-state index is 0.0188. The molecule has 0 unspecified atom stereocenters. The van der Waals surface area contributed by atoms with Crippen molar-refractivity contribution < 1.29 is 18.3 Å². The topological polar surface area (TPSA) is 83.5 Å². The zero-order chi connectivity index (χ0) is 13.8. The second-order valence-electron chi connectivity index (χ2n) is 3.66. The molecule has 0 bridgehead atoms. The van der Waals surface area contributed by atoms with E-state index in [-0.39, 0.29) is 23.6 Å². The molecule has 0 saturated carbocycles. The summed E-state index contributed by atoms with van der Waals surface area (Å²) in [6.07, 6.45) is 0. The minimum atomic E-state index is -3.05. The summed E-state index contributed by atoms with van der Waals surface area (Å²) in [6.45, 7) is 1.77. The highest BCUT2D eigenvalue weighted by Crippen LogP contribution is 2.21. The van der Waals surface area contributed by atoms with E-state index >= 15 is 0 Å². The van der Waals surface area contributed by atoms with Crippen LogP contribution in [0.4, 0.5) is 5.69 Å². The first-order valence-electron chi connectivity index (χ1n) is 5.33. The van der Waals surface area contributed by atoms with E-state index in [0.29, 0.717) is 5.69 Å². The molecule has 0 aliphatic rings. The molecule has 1 aromatic rings. The molecule has 0 aromatic heterocycles. The van der Waals surface area contributed by atoms with Gasteiger partial charge in [0.1, 0.15) is 0 Å². The molecule has 0 aliphatic heterocycles. The molecule has 0 saturated heterocycles. The fourth-order valence-electron chi connectivity index (χ4n) is 1.33. The van der Waals surface area contributed by atoms with E-state index in [0.717, 1.165) is 4.47 Å². The molecule has 0 fully saturated rings. The van der Waals surface area contributed by atoms with E-state index < -0.39 is 15.8 Å². The summed E-state index contributed by atoms with van der Waals surface area (Å²) >= 11 is 3.24. The molecule has 1 aromatic carbocycles. The molecule has 2 N–H and O–H groups in total. The first-order valence-corrected chi connectivity index (χ1v) is 7.94. The van der Waals surface area contributed by atoms with Crippen LogP contribution < -0.4 is 5.32 Å². The Hall–Kier alpha value is -1.08. The maximum atomic E-state index is 11.3. The number of nitrogens with one attached hydrogen (secondary N) is 1. The smallest absolute Gasteiger partial charge is 0.337 e. The number of hydrogen-bond donors (Lipinski definition) is 2. The van der Waals surface area contributed by atoms with E-state index in [2.05, 4.69) is 21.2 Å². The van der Waals surface area contributed by atoms with Crippen LogP contribution in [-0.2, 0) is 9.84 Å². The number of carbonyl (C=O) groups is 1. The van der Waals surface area contributed by atoms with Gasteiger partial charge in [0, 0.05) is 22.5 Å². The molecular weight excluding hydrogens is 322 g/mol. The van der Waals surface area contributed by atoms with Crippen molar-refractivity contribution in [3.63, 3.8) is 0 Å². The van der Waals surface area contributed by atoms with Gasteiger partial charge in [-0.15, -0.1) is 0 Å². The number of carboxylic acid groups (broad SMARTS) is 1. The van der Waals surface area contributed by atoms with Crippen LogP contribution in [0.25, 0.3) is 0 Å². The third-order valence-electron chi connectivity index (χ3n) is 2.38. The van der Waals surface area contributed by atoms with Crippen molar-refractivity contribution in [1.82, 2.24) is 0 Å². The number of benzene rings is 1. The van der Waals surface area contributed by atoms with Gasteiger partial charge < -0.3 is 10.4 Å². The number of hydrogen-bond acceptors (Lipinski definition) is 4. The summed E-state index contributed by atoms with van der Waals surface area (Å²) < 4.78 is 23.3. The SMILES string of the molecule is CCS(=O)(=O)CCNc1cc(Br)ccc1C(=O)O. The van der Waals surface area contributed by atoms with Crippen molar-refractivity contribution in [2.75, 3.05) is 23.4 Å². The Morgan fingerprint density at radius 3 is 2.67 bits per heavy atom. The van der Waals surface area contributed by atoms with Crippen molar-refractivity contribution in [2.24, 2.45) is 0 Å². The lowest BCUT2D eigenvalue weighted by Gasteiger charge is -2.10. The number of anilines is 1. The lowest BCUT2D eigenvalue weighted by Crippen LogP contribution is -2.18. The Labute approximate surface area is 114 Å². The molecule has 7 heteroatoms. The molecule has 100 valence electrons. The van der Waals surface area contributed by atoms with Crippen molar-refractivity contribution >= 4 is 37.4 Å². The maximum absolute atomic E-state index is 11.3. The predicted molar refractivity (Wildman–Crippen MR) is 73.9 cm³/mol. The second kappa shape index (κ2) is 6.19. The largest absolute Gasteiger partial charge is 0.478 e. The lowest BCUT2D eigenvalue weighted by molar-refractivity contribution is 0.0698. The Kier molecular flexibility index (Phi) is 5.15. The fraction of sp³-hybridized carbons (Fsp3) is 0.364. The highest BCUT2D eigenvalue weighted by atomic mass is 79.9. The number of aromatic carboxylic acids is 1. The zero-order valence-corrected chi connectivity index (χ0v) is 12.2. The lowest BCUT2D eigenvalue weighted by atomic mass is 10.2. The standard InChI is InChI=1S/C11H14BrNO4S/c1-2-18(16,17)6-5-13-10-7-8(12)3-4-9(10)11(14)15/h3-4,7,13H,2,5-6H2,1H3,(H,14,15). The molecule has 0 radical (unpaired) electrons. The summed E-state index contributed by atoms with van der Waals surface area (Å²) in [4.78, 5) is 11.0. The van der Waals surface area contributed by atoms with Crippen molar-refractivity contribution in [3.05, 3.63) is 28.2 Å². The maximum Gasteiger partial charge on any atom is 0.337 e. The average molecular weight is 336 g/mol. The third-order valence-corrected chi connectivity index (χ3v) is 4.58. The Balaban J connectivity index is 2.78. The van der Waals surface area contributed by atoms with Gasteiger partial charge in [0.05, 0.1) is 11.3 Å². The van der Waals surface area contributed by atoms with Crippen LogP contribution in [0.15, 0.2) is 22.7 Å². The quantitative estimate of drug-likeness (QED) is 0.830. The Morgan fingerprint density at radius 2 is 2.11 bits per heavy atom. The zero-order valence-electron chi connectivity index (χ0n) is 9.81. The van der Waals surface area contributed by atoms with Crippen molar-refractivity contribution in [1.29, 1.82) is 0 Å². The molecule has 0 amide bonds. The van der Waals surface area contributed by atoms with Crippen LogP contribution in [-0.4, -0.2) is 37.5 Å². The van der Waals surface area contributed by atoms with Gasteiger partial charge in [-0.3, -0.25) is 0 Å². The fourth-order valence-corrected chi connectivity index (χ4v) is 2.40. The van der Waals surface area contributed by atoms with Gasteiger partial charge >= 0.3 is 5.97 Å². The van der Waals surface area contributed by atoms with Crippen molar-refractivity contribution in [3.8, 4) is 0 Å². The van der Waals surface area contributed by atoms with Crippen LogP contribution in [0.3, 0.4) is 0 Å². The van der Waals surface area contributed by atoms with Crippen LogP contribution in [0.1, 0.15) is 17.3 Å². The molecule has 1 rings (SSSR count). The summed E-state index contributed by atoms with van der Waals surface area (Å²) in [5.74, 6) is -0.989. The first kappa shape index (κ1) is 15.0. The van der Waals surface area contributed by atoms with E-state index in [1.165, 1.54) is 6.07 Å². The second-order valence-corrected chi connectivity index (χ2v) is 7.05. The van der Waals surface area contributed by atoms with Crippen LogP contribution >= 0.6 is 15.9 Å². The molecule has 0 aliphatic carbocycles. The Morgan fingerprint density at radius 1 is 1.44 bits per heavy atom. The Bertz CT molecular complexity index is 542. The number of sulfone groups is 1. The van der Waals surface area contributed by atoms with E-state index in [1.54, 1.807) is 19.1 Å². The molecule has 0 atom stereocenters. The third kappa shape index (κ3) is 4.30. The molecule has 0 spiro atoms. The predicted octanol–water partition coefficient (Wildman–Crippen LogP) is 1.99. The summed E-state index contributed by atoms with van der Waals surface area (Å²) in [7, 11) is -3.05. The van der Waals surface area contributed by atoms with Gasteiger partial charge in [-0.25, -0.2) is 13.2 Å². The monoisotopic (exact) mass is 335 g/mol. The van der Waals surface area contributed by atoms with Crippen LogP contribution in [0.5, 0.6) is 0 Å². The first-order chi connectivity index (χ1) is 8.35. The minimum Gasteiger partial charge on any atom is -0.478 e. The highest BCUT2D eigenvalue weighted by molar-refractivity contribution is 9.10. The van der Waals surface area contributed by atoms with Crippen molar-refractivity contribution in [2.45, 2.75) is 6.92 Å². The van der Waals surface area contributed by atoms with E-state index in [1.807, 2.05) is 0 Å². The average Bonchev–Trinajstić information content (AvgIpc) is 2.28. The van der Waals surface area contributed by atoms with Gasteiger partial charge in [0.25, 0.3) is 0 Å². The van der Waals surface area contributed by atoms with E-state index in [4.69, 9.17) is 5.11 Å². The number of halogens is 1. The van der Waals surface area contributed by atoms with E-state index in [9.17, 15) is 13.2 Å². The molecular formula is C11H14BrNO4S. The summed E-state index contributed by atoms with van der Waals surface area (Å²) in [5, 5.41) is 11.8. The van der Waals surface area contributed by atoms with Gasteiger partial charge in [-0.05, 0) is 18.2 Å². The van der Waals surface area contributed by atoms with Gasteiger partial charge in [-0.1, -0.05) is 22.9 Å². The molecule has 18 heavy (non-hydrogen) atoms. The number of carboxylic acids is 1. The highest BCUT2D eigenvalue weighted by Gasteiger charge is 2.11. The molecule has 5 nitrogen and oxygen atoms in total. The van der Waals surface area contributed by atoms with Gasteiger partial charge in [0.2, 0.25) is 0 Å². The summed E-state index contributed by atoms with van der Waals surface area (Å²) in [6, 6.07) is 4.70. The van der Waals surface area contributed by atoms with Crippen LogP contribution in [0, 0.1) is 0 Å². The van der Waals surface area contributed by atoms with Gasteiger partial charge in [0.15, 0.2) is 9.84 Å². The normalized spacial score (nSPS) is 11.2. The van der Waals surface area contributed by atoms with Gasteiger partial charge in [-0.2, -0.15) is 0 Å². The summed E-state index contributed by atoms with van der Waals surface area (Å²) in [5.41, 5.74) is 0.523.